The molecular weight excluding hydrogens is 360 g/mol. The van der Waals surface area contributed by atoms with E-state index >= 15 is 0 Å². The van der Waals surface area contributed by atoms with E-state index in [0.717, 1.165) is 49.0 Å². The number of piperazine rings is 1. The normalized spacial score (nSPS) is 15.2. The van der Waals surface area contributed by atoms with Crippen LogP contribution in [0.15, 0.2) is 48.4 Å². The predicted molar refractivity (Wildman–Crippen MR) is 104 cm³/mol. The Kier molecular flexibility index (Phi) is 5.55. The first kappa shape index (κ1) is 17.8. The molecule has 1 fully saturated rings. The van der Waals surface area contributed by atoms with Crippen LogP contribution in [0.4, 0.5) is 0 Å². The van der Waals surface area contributed by atoms with E-state index < -0.39 is 0 Å². The van der Waals surface area contributed by atoms with Gasteiger partial charge in [0.15, 0.2) is 0 Å². The van der Waals surface area contributed by atoms with Gasteiger partial charge in [-0.25, -0.2) is 9.97 Å². The zero-order valence-electron chi connectivity index (χ0n) is 15.1. The lowest BCUT2D eigenvalue weighted by molar-refractivity contribution is -0.133. The zero-order valence-corrected chi connectivity index (χ0v) is 15.9. The maximum absolute atomic E-state index is 12.4. The molecule has 27 heavy (non-hydrogen) atoms. The van der Waals surface area contributed by atoms with Crippen molar-refractivity contribution in [2.24, 2.45) is 0 Å². The molecule has 0 spiro atoms. The van der Waals surface area contributed by atoms with Crippen molar-refractivity contribution in [3.05, 3.63) is 54.1 Å². The Morgan fingerprint density at radius 1 is 1.11 bits per heavy atom. The highest BCUT2D eigenvalue weighted by Crippen LogP contribution is 2.24. The van der Waals surface area contributed by atoms with Crippen LogP contribution < -0.4 is 0 Å². The minimum Gasteiger partial charge on any atom is -0.340 e. The van der Waals surface area contributed by atoms with Gasteiger partial charge in [0.25, 0.3) is 0 Å². The summed E-state index contributed by atoms with van der Waals surface area (Å²) in [5, 5.41) is 7.24. The van der Waals surface area contributed by atoms with Crippen LogP contribution >= 0.6 is 11.3 Å². The first-order valence-electron chi connectivity index (χ1n) is 9.10. The molecule has 3 heterocycles. The van der Waals surface area contributed by atoms with Gasteiger partial charge in [0.1, 0.15) is 17.7 Å². The van der Waals surface area contributed by atoms with Gasteiger partial charge >= 0.3 is 0 Å². The van der Waals surface area contributed by atoms with E-state index in [4.69, 9.17) is 4.98 Å². The number of amides is 1. The van der Waals surface area contributed by atoms with Crippen molar-refractivity contribution in [1.82, 2.24) is 29.5 Å². The molecular formula is C19H22N6OS. The largest absolute Gasteiger partial charge is 0.340 e. The number of carbonyl (C=O) groups is 1. The summed E-state index contributed by atoms with van der Waals surface area (Å²) in [4.78, 5) is 25.3. The molecule has 8 heteroatoms. The van der Waals surface area contributed by atoms with Gasteiger partial charge in [-0.1, -0.05) is 30.3 Å². The van der Waals surface area contributed by atoms with E-state index in [1.807, 2.05) is 23.1 Å². The molecule has 0 aliphatic carbocycles. The van der Waals surface area contributed by atoms with Crippen LogP contribution in [0.5, 0.6) is 0 Å². The molecule has 0 radical (unpaired) electrons. The van der Waals surface area contributed by atoms with Crippen LogP contribution in [0.25, 0.3) is 10.6 Å². The fraction of sp³-hybridized carbons (Fsp3) is 0.368. The van der Waals surface area contributed by atoms with E-state index in [2.05, 4.69) is 32.5 Å². The summed E-state index contributed by atoms with van der Waals surface area (Å²) in [7, 11) is 0. The smallest absolute Gasteiger partial charge is 0.224 e. The summed E-state index contributed by atoms with van der Waals surface area (Å²) in [5.74, 6) is 0.185. The Bertz CT molecular complexity index is 855. The molecule has 4 rings (SSSR count). The SMILES string of the molecule is O=C(CCn1cncn1)N1CCN(Cc2csc(-c3ccccc3)n2)CC1. The molecule has 0 bridgehead atoms. The lowest BCUT2D eigenvalue weighted by Gasteiger charge is -2.34. The molecule has 0 saturated carbocycles. The average Bonchev–Trinajstić information content (AvgIpc) is 3.39. The molecule has 1 aromatic carbocycles. The maximum Gasteiger partial charge on any atom is 0.224 e. The summed E-state index contributed by atoms with van der Waals surface area (Å²) in [6, 6.07) is 10.3. The third kappa shape index (κ3) is 4.58. The minimum absolute atomic E-state index is 0.185. The highest BCUT2D eigenvalue weighted by Gasteiger charge is 2.21. The molecule has 1 aliphatic heterocycles. The average molecular weight is 382 g/mol. The van der Waals surface area contributed by atoms with Crippen molar-refractivity contribution >= 4 is 17.2 Å². The quantitative estimate of drug-likeness (QED) is 0.653. The van der Waals surface area contributed by atoms with Crippen molar-refractivity contribution in [1.29, 1.82) is 0 Å². The van der Waals surface area contributed by atoms with Gasteiger partial charge in [-0.15, -0.1) is 11.3 Å². The van der Waals surface area contributed by atoms with Crippen molar-refractivity contribution < 1.29 is 4.79 Å². The van der Waals surface area contributed by atoms with Gasteiger partial charge < -0.3 is 4.90 Å². The summed E-state index contributed by atoms with van der Waals surface area (Å²) in [5.41, 5.74) is 2.27. The molecule has 140 valence electrons. The second-order valence-electron chi connectivity index (χ2n) is 6.58. The highest BCUT2D eigenvalue weighted by atomic mass is 32.1. The molecule has 1 amide bonds. The van der Waals surface area contributed by atoms with Crippen molar-refractivity contribution in [2.75, 3.05) is 26.2 Å². The lowest BCUT2D eigenvalue weighted by atomic mass is 10.2. The molecule has 2 aromatic heterocycles. The van der Waals surface area contributed by atoms with E-state index in [1.54, 1.807) is 22.3 Å². The second-order valence-corrected chi connectivity index (χ2v) is 7.43. The Morgan fingerprint density at radius 2 is 1.93 bits per heavy atom. The van der Waals surface area contributed by atoms with Crippen LogP contribution in [-0.2, 0) is 17.9 Å². The molecule has 1 saturated heterocycles. The fourth-order valence-electron chi connectivity index (χ4n) is 3.19. The first-order valence-corrected chi connectivity index (χ1v) is 9.98. The van der Waals surface area contributed by atoms with Crippen molar-refractivity contribution in [3.8, 4) is 10.6 Å². The van der Waals surface area contributed by atoms with Gasteiger partial charge in [0.2, 0.25) is 5.91 Å². The van der Waals surface area contributed by atoms with Crippen molar-refractivity contribution in [3.63, 3.8) is 0 Å². The number of aromatic nitrogens is 4. The number of aryl methyl sites for hydroxylation is 1. The number of carbonyl (C=O) groups excluding carboxylic acids is 1. The summed E-state index contributed by atoms with van der Waals surface area (Å²) in [6.45, 7) is 4.72. The third-order valence-corrected chi connectivity index (χ3v) is 5.64. The number of hydrogen-bond donors (Lipinski definition) is 0. The van der Waals surface area contributed by atoms with Crippen LogP contribution in [0.2, 0.25) is 0 Å². The minimum atomic E-state index is 0.185. The van der Waals surface area contributed by atoms with Gasteiger partial charge in [0, 0.05) is 50.1 Å². The van der Waals surface area contributed by atoms with Crippen LogP contribution in [0, 0.1) is 0 Å². The topological polar surface area (TPSA) is 67.2 Å². The van der Waals surface area contributed by atoms with Gasteiger partial charge in [-0.2, -0.15) is 5.10 Å². The molecule has 0 N–H and O–H groups in total. The summed E-state index contributed by atoms with van der Waals surface area (Å²) < 4.78 is 1.70. The van der Waals surface area contributed by atoms with Crippen molar-refractivity contribution in [2.45, 2.75) is 19.5 Å². The Balaban J connectivity index is 1.25. The summed E-state index contributed by atoms with van der Waals surface area (Å²) in [6.07, 6.45) is 3.60. The first-order chi connectivity index (χ1) is 13.3. The molecule has 0 unspecified atom stereocenters. The second kappa shape index (κ2) is 8.41. The fourth-order valence-corrected chi connectivity index (χ4v) is 4.01. The molecule has 3 aromatic rings. The number of thiazole rings is 1. The Morgan fingerprint density at radius 3 is 2.67 bits per heavy atom. The predicted octanol–water partition coefficient (Wildman–Crippen LogP) is 2.14. The number of rotatable bonds is 6. The number of nitrogens with zero attached hydrogens (tertiary/aromatic N) is 6. The van der Waals surface area contributed by atoms with Crippen LogP contribution in [0.3, 0.4) is 0 Å². The monoisotopic (exact) mass is 382 g/mol. The van der Waals surface area contributed by atoms with E-state index in [1.165, 1.54) is 6.33 Å². The van der Waals surface area contributed by atoms with E-state index in [-0.39, 0.29) is 5.91 Å². The molecule has 0 atom stereocenters. The van der Waals surface area contributed by atoms with Crippen LogP contribution in [0.1, 0.15) is 12.1 Å². The van der Waals surface area contributed by atoms with Gasteiger partial charge in [-0.3, -0.25) is 14.4 Å². The Hall–Kier alpha value is -2.58. The number of benzene rings is 1. The lowest BCUT2D eigenvalue weighted by Crippen LogP contribution is -2.48. The third-order valence-electron chi connectivity index (χ3n) is 4.70. The van der Waals surface area contributed by atoms with E-state index in [0.29, 0.717) is 13.0 Å². The Labute approximate surface area is 162 Å². The van der Waals surface area contributed by atoms with Crippen LogP contribution in [-0.4, -0.2) is 61.6 Å². The molecule has 7 nitrogen and oxygen atoms in total. The van der Waals surface area contributed by atoms with Gasteiger partial charge in [-0.05, 0) is 0 Å². The molecule has 1 aliphatic rings. The summed E-state index contributed by atoms with van der Waals surface area (Å²) >= 11 is 1.69. The highest BCUT2D eigenvalue weighted by molar-refractivity contribution is 7.13. The zero-order chi connectivity index (χ0) is 18.5. The standard InChI is InChI=1S/C19H22N6OS/c26-18(6-7-25-15-20-14-21-25)24-10-8-23(9-11-24)12-17-13-27-19(22-17)16-4-2-1-3-5-16/h1-5,13-15H,6-12H2. The maximum atomic E-state index is 12.4. The number of hydrogen-bond acceptors (Lipinski definition) is 6. The van der Waals surface area contributed by atoms with Gasteiger partial charge in [0.05, 0.1) is 12.2 Å². The van der Waals surface area contributed by atoms with E-state index in [9.17, 15) is 4.79 Å².